The maximum atomic E-state index is 4.21. The molecule has 0 saturated heterocycles. The Kier molecular flexibility index (Phi) is 2.27. The highest BCUT2D eigenvalue weighted by Gasteiger charge is 2.23. The number of hydrogen-bond acceptors (Lipinski definition) is 2. The quantitative estimate of drug-likeness (QED) is 0.703. The molecule has 2 nitrogen and oxygen atoms in total. The number of anilines is 1. The van der Waals surface area contributed by atoms with Crippen LogP contribution < -0.4 is 5.32 Å². The number of fused-ring (bicyclic) bond motifs is 3. The fraction of sp³-hybridized carbons (Fsp3) is 0.118. The molecule has 0 fully saturated rings. The molecule has 92 valence electrons. The molecule has 1 atom stereocenters. The summed E-state index contributed by atoms with van der Waals surface area (Å²) in [5, 5.41) is 6.26. The molecular formula is C17H14N2. The van der Waals surface area contributed by atoms with Gasteiger partial charge in [-0.2, -0.15) is 0 Å². The molecule has 0 amide bonds. The van der Waals surface area contributed by atoms with E-state index in [4.69, 9.17) is 0 Å². The van der Waals surface area contributed by atoms with Gasteiger partial charge in [0.2, 0.25) is 0 Å². The van der Waals surface area contributed by atoms with Crippen molar-refractivity contribution in [2.45, 2.75) is 12.5 Å². The number of rotatable bonds is 1. The van der Waals surface area contributed by atoms with Crippen molar-refractivity contribution in [1.82, 2.24) is 4.98 Å². The minimum absolute atomic E-state index is 0.342. The van der Waals surface area contributed by atoms with Gasteiger partial charge in [0.25, 0.3) is 0 Å². The van der Waals surface area contributed by atoms with Crippen LogP contribution in [0.1, 0.15) is 17.2 Å². The SMILES string of the molecule is c1cncc(C2Cc3ccc4ccccc4c3N2)c1. The summed E-state index contributed by atoms with van der Waals surface area (Å²) in [6, 6.07) is 17.5. The fourth-order valence-corrected chi connectivity index (χ4v) is 2.89. The van der Waals surface area contributed by atoms with Crippen LogP contribution in [0, 0.1) is 0 Å². The van der Waals surface area contributed by atoms with Crippen LogP contribution in [0.3, 0.4) is 0 Å². The lowest BCUT2D eigenvalue weighted by atomic mass is 10.0. The Labute approximate surface area is 112 Å². The molecule has 19 heavy (non-hydrogen) atoms. The highest BCUT2D eigenvalue weighted by atomic mass is 15.0. The third-order valence-electron chi connectivity index (χ3n) is 3.84. The molecule has 0 aliphatic carbocycles. The average Bonchev–Trinajstić information content (AvgIpc) is 2.93. The van der Waals surface area contributed by atoms with Gasteiger partial charge in [0.15, 0.2) is 0 Å². The van der Waals surface area contributed by atoms with Crippen molar-refractivity contribution in [1.29, 1.82) is 0 Å². The second-order valence-corrected chi connectivity index (χ2v) is 5.01. The second-order valence-electron chi connectivity index (χ2n) is 5.01. The Morgan fingerprint density at radius 3 is 2.84 bits per heavy atom. The van der Waals surface area contributed by atoms with E-state index in [1.54, 1.807) is 0 Å². The Hall–Kier alpha value is -2.35. The molecule has 1 aliphatic rings. The van der Waals surface area contributed by atoms with Gasteiger partial charge in [0, 0.05) is 23.5 Å². The Morgan fingerprint density at radius 1 is 1.00 bits per heavy atom. The Balaban J connectivity index is 1.80. The van der Waals surface area contributed by atoms with Crippen LogP contribution in [0.5, 0.6) is 0 Å². The molecule has 2 heterocycles. The van der Waals surface area contributed by atoms with Gasteiger partial charge in [-0.1, -0.05) is 42.5 Å². The van der Waals surface area contributed by atoms with Crippen LogP contribution in [0.4, 0.5) is 5.69 Å². The van der Waals surface area contributed by atoms with E-state index in [0.717, 1.165) is 6.42 Å². The molecule has 1 unspecified atom stereocenters. The number of aromatic nitrogens is 1. The minimum atomic E-state index is 0.342. The Bertz CT molecular complexity index is 735. The maximum Gasteiger partial charge on any atom is 0.0570 e. The molecule has 4 rings (SSSR count). The smallest absolute Gasteiger partial charge is 0.0570 e. The maximum absolute atomic E-state index is 4.21. The standard InChI is InChI=1S/C17H14N2/c1-2-6-15-12(4-1)7-8-13-10-16(19-17(13)15)14-5-3-9-18-11-14/h1-9,11,16,19H,10H2. The van der Waals surface area contributed by atoms with Gasteiger partial charge < -0.3 is 5.32 Å². The van der Waals surface area contributed by atoms with Crippen molar-refractivity contribution in [2.75, 3.05) is 5.32 Å². The number of nitrogens with one attached hydrogen (secondary N) is 1. The van der Waals surface area contributed by atoms with Gasteiger partial charge in [0.05, 0.1) is 6.04 Å². The lowest BCUT2D eigenvalue weighted by Crippen LogP contribution is -2.05. The first-order chi connectivity index (χ1) is 9.42. The van der Waals surface area contributed by atoms with Crippen molar-refractivity contribution < 1.29 is 0 Å². The molecule has 3 aromatic rings. The van der Waals surface area contributed by atoms with Crippen molar-refractivity contribution in [3.63, 3.8) is 0 Å². The third-order valence-corrected chi connectivity index (χ3v) is 3.84. The van der Waals surface area contributed by atoms with Crippen molar-refractivity contribution in [3.05, 3.63) is 72.1 Å². The van der Waals surface area contributed by atoms with Gasteiger partial charge in [-0.05, 0) is 29.0 Å². The summed E-state index contributed by atoms with van der Waals surface area (Å²) >= 11 is 0. The van der Waals surface area contributed by atoms with E-state index in [1.165, 1.54) is 27.6 Å². The van der Waals surface area contributed by atoms with Crippen molar-refractivity contribution >= 4 is 16.5 Å². The molecule has 0 saturated carbocycles. The van der Waals surface area contributed by atoms with Gasteiger partial charge in [-0.25, -0.2) is 0 Å². The summed E-state index contributed by atoms with van der Waals surface area (Å²) in [5.41, 5.74) is 3.93. The van der Waals surface area contributed by atoms with E-state index in [9.17, 15) is 0 Å². The second kappa shape index (κ2) is 4.09. The van der Waals surface area contributed by atoms with E-state index >= 15 is 0 Å². The van der Waals surface area contributed by atoms with Gasteiger partial charge in [-0.3, -0.25) is 4.98 Å². The van der Waals surface area contributed by atoms with Crippen LogP contribution in [0.25, 0.3) is 10.8 Å². The molecule has 1 N–H and O–H groups in total. The number of hydrogen-bond donors (Lipinski definition) is 1. The van der Waals surface area contributed by atoms with Gasteiger partial charge in [-0.15, -0.1) is 0 Å². The molecule has 1 aliphatic heterocycles. The predicted octanol–water partition coefficient (Wildman–Crippen LogP) is 3.94. The fourth-order valence-electron chi connectivity index (χ4n) is 2.89. The third kappa shape index (κ3) is 1.68. The molecule has 1 aromatic heterocycles. The number of pyridine rings is 1. The summed E-state index contributed by atoms with van der Waals surface area (Å²) in [7, 11) is 0. The first-order valence-electron chi connectivity index (χ1n) is 6.59. The van der Waals surface area contributed by atoms with Gasteiger partial charge in [0.1, 0.15) is 0 Å². The normalized spacial score (nSPS) is 17.2. The van der Waals surface area contributed by atoms with Crippen LogP contribution in [0.15, 0.2) is 60.9 Å². The summed E-state index contributed by atoms with van der Waals surface area (Å²) in [6.07, 6.45) is 4.80. The molecule has 0 radical (unpaired) electrons. The summed E-state index contributed by atoms with van der Waals surface area (Å²) < 4.78 is 0. The zero-order valence-corrected chi connectivity index (χ0v) is 10.5. The number of benzene rings is 2. The van der Waals surface area contributed by atoms with Crippen molar-refractivity contribution in [3.8, 4) is 0 Å². The molecule has 0 spiro atoms. The van der Waals surface area contributed by atoms with Crippen LogP contribution in [0.2, 0.25) is 0 Å². The molecule has 0 bridgehead atoms. The van der Waals surface area contributed by atoms with E-state index in [0.29, 0.717) is 6.04 Å². The summed E-state index contributed by atoms with van der Waals surface area (Å²) in [6.45, 7) is 0. The zero-order valence-electron chi connectivity index (χ0n) is 10.5. The first-order valence-corrected chi connectivity index (χ1v) is 6.59. The summed E-state index contributed by atoms with van der Waals surface area (Å²) in [4.78, 5) is 4.21. The first kappa shape index (κ1) is 10.6. The highest BCUT2D eigenvalue weighted by molar-refractivity contribution is 5.96. The largest absolute Gasteiger partial charge is 0.377 e. The highest BCUT2D eigenvalue weighted by Crippen LogP contribution is 2.38. The van der Waals surface area contributed by atoms with Crippen LogP contribution >= 0.6 is 0 Å². The lowest BCUT2D eigenvalue weighted by Gasteiger charge is -2.11. The van der Waals surface area contributed by atoms with E-state index < -0.39 is 0 Å². The van der Waals surface area contributed by atoms with Crippen molar-refractivity contribution in [2.24, 2.45) is 0 Å². The van der Waals surface area contributed by atoms with Gasteiger partial charge >= 0.3 is 0 Å². The average molecular weight is 246 g/mol. The van der Waals surface area contributed by atoms with Crippen LogP contribution in [-0.4, -0.2) is 4.98 Å². The topological polar surface area (TPSA) is 24.9 Å². The van der Waals surface area contributed by atoms with E-state index in [1.807, 2.05) is 18.5 Å². The van der Waals surface area contributed by atoms with E-state index in [2.05, 4.69) is 52.8 Å². The molecule has 2 aromatic carbocycles. The minimum Gasteiger partial charge on any atom is -0.377 e. The Morgan fingerprint density at radius 2 is 1.95 bits per heavy atom. The predicted molar refractivity (Wildman–Crippen MR) is 78.3 cm³/mol. The van der Waals surface area contributed by atoms with E-state index in [-0.39, 0.29) is 0 Å². The van der Waals surface area contributed by atoms with Crippen LogP contribution in [-0.2, 0) is 6.42 Å². The molecular weight excluding hydrogens is 232 g/mol. The lowest BCUT2D eigenvalue weighted by molar-refractivity contribution is 0.818. The zero-order chi connectivity index (χ0) is 12.7. The molecule has 2 heteroatoms. The monoisotopic (exact) mass is 246 g/mol. The number of nitrogens with zero attached hydrogens (tertiary/aromatic N) is 1. The summed E-state index contributed by atoms with van der Waals surface area (Å²) in [5.74, 6) is 0.